The molecule has 0 saturated carbocycles. The average molecular weight is 234 g/mol. The summed E-state index contributed by atoms with van der Waals surface area (Å²) in [6.07, 6.45) is 2.83. The highest BCUT2D eigenvalue weighted by molar-refractivity contribution is 7.99. The molecular formula is C13H14O2S. The van der Waals surface area contributed by atoms with E-state index < -0.39 is 0 Å². The molecule has 0 N–H and O–H groups in total. The summed E-state index contributed by atoms with van der Waals surface area (Å²) in [4.78, 5) is 0. The first-order valence-corrected chi connectivity index (χ1v) is 6.63. The van der Waals surface area contributed by atoms with E-state index in [1.54, 1.807) is 0 Å². The quantitative estimate of drug-likeness (QED) is 0.744. The Hall–Kier alpha value is -0.930. The van der Waals surface area contributed by atoms with Gasteiger partial charge in [-0.2, -0.15) is 11.8 Å². The molecule has 1 spiro atoms. The standard InChI is InChI=1S/C13H14O2S/c1-2-10-3-4-12-11(7-10)8-14-13(15-12)5-6-16-9-13/h2-4,7H,1,5-6,8-9H2. The largest absolute Gasteiger partial charge is 0.461 e. The molecule has 1 unspecified atom stereocenters. The van der Waals surface area contributed by atoms with Gasteiger partial charge in [-0.05, 0) is 23.4 Å². The fraction of sp³-hybridized carbons (Fsp3) is 0.385. The van der Waals surface area contributed by atoms with Crippen molar-refractivity contribution in [1.82, 2.24) is 0 Å². The third kappa shape index (κ3) is 1.64. The third-order valence-corrected chi connectivity index (χ3v) is 4.19. The van der Waals surface area contributed by atoms with Crippen molar-refractivity contribution in [2.75, 3.05) is 11.5 Å². The van der Waals surface area contributed by atoms with Crippen molar-refractivity contribution < 1.29 is 9.47 Å². The summed E-state index contributed by atoms with van der Waals surface area (Å²) in [6.45, 7) is 4.42. The fourth-order valence-corrected chi connectivity index (χ4v) is 3.30. The molecule has 3 heteroatoms. The van der Waals surface area contributed by atoms with Gasteiger partial charge in [0.05, 0.1) is 12.4 Å². The smallest absolute Gasteiger partial charge is 0.220 e. The summed E-state index contributed by atoms with van der Waals surface area (Å²) < 4.78 is 11.9. The number of rotatable bonds is 1. The molecule has 1 aromatic rings. The molecule has 0 aliphatic carbocycles. The molecule has 3 rings (SSSR count). The highest BCUT2D eigenvalue weighted by Crippen LogP contribution is 2.39. The number of fused-ring (bicyclic) bond motifs is 1. The van der Waals surface area contributed by atoms with Crippen LogP contribution in [0, 0.1) is 0 Å². The van der Waals surface area contributed by atoms with Crippen LogP contribution in [-0.4, -0.2) is 17.3 Å². The fourth-order valence-electron chi connectivity index (χ4n) is 2.10. The topological polar surface area (TPSA) is 18.5 Å². The van der Waals surface area contributed by atoms with Gasteiger partial charge in [0.2, 0.25) is 5.79 Å². The maximum absolute atomic E-state index is 6.00. The molecule has 2 heterocycles. The van der Waals surface area contributed by atoms with Gasteiger partial charge in [-0.1, -0.05) is 18.7 Å². The van der Waals surface area contributed by atoms with E-state index in [4.69, 9.17) is 9.47 Å². The molecule has 2 aliphatic rings. The summed E-state index contributed by atoms with van der Waals surface area (Å²) in [7, 11) is 0. The molecule has 1 aromatic carbocycles. The summed E-state index contributed by atoms with van der Waals surface area (Å²) in [6, 6.07) is 6.14. The lowest BCUT2D eigenvalue weighted by Crippen LogP contribution is -2.41. The SMILES string of the molecule is C=Cc1ccc2c(c1)COC1(CCSC1)O2. The van der Waals surface area contributed by atoms with Crippen molar-refractivity contribution in [1.29, 1.82) is 0 Å². The highest BCUT2D eigenvalue weighted by atomic mass is 32.2. The third-order valence-electron chi connectivity index (χ3n) is 3.06. The van der Waals surface area contributed by atoms with Gasteiger partial charge in [0.25, 0.3) is 0 Å². The average Bonchev–Trinajstić information content (AvgIpc) is 2.77. The van der Waals surface area contributed by atoms with Crippen molar-refractivity contribution in [3.05, 3.63) is 35.9 Å². The van der Waals surface area contributed by atoms with Crippen molar-refractivity contribution in [3.8, 4) is 5.75 Å². The Labute approximate surface area is 99.6 Å². The minimum atomic E-state index is -0.354. The number of ether oxygens (including phenoxy) is 2. The maximum Gasteiger partial charge on any atom is 0.220 e. The predicted molar refractivity (Wildman–Crippen MR) is 66.6 cm³/mol. The first-order valence-electron chi connectivity index (χ1n) is 5.47. The van der Waals surface area contributed by atoms with E-state index in [0.29, 0.717) is 6.61 Å². The molecule has 84 valence electrons. The lowest BCUT2D eigenvalue weighted by Gasteiger charge is -2.35. The van der Waals surface area contributed by atoms with Gasteiger partial charge in [0, 0.05) is 12.0 Å². The molecule has 0 bridgehead atoms. The van der Waals surface area contributed by atoms with Gasteiger partial charge in [0.1, 0.15) is 5.75 Å². The van der Waals surface area contributed by atoms with Crippen LogP contribution in [0.1, 0.15) is 17.5 Å². The molecule has 2 nitrogen and oxygen atoms in total. The maximum atomic E-state index is 6.00. The molecule has 0 radical (unpaired) electrons. The molecule has 1 atom stereocenters. The van der Waals surface area contributed by atoms with Crippen LogP contribution >= 0.6 is 11.8 Å². The van der Waals surface area contributed by atoms with Crippen LogP contribution in [0.15, 0.2) is 24.8 Å². The lowest BCUT2D eigenvalue weighted by atomic mass is 10.1. The van der Waals surface area contributed by atoms with E-state index in [1.807, 2.05) is 30.0 Å². The van der Waals surface area contributed by atoms with E-state index >= 15 is 0 Å². The molecule has 2 aliphatic heterocycles. The van der Waals surface area contributed by atoms with Crippen molar-refractivity contribution in [2.45, 2.75) is 18.8 Å². The Morgan fingerprint density at radius 3 is 3.12 bits per heavy atom. The van der Waals surface area contributed by atoms with Crippen molar-refractivity contribution in [3.63, 3.8) is 0 Å². The zero-order chi connectivity index (χ0) is 11.0. The Bertz CT molecular complexity index is 422. The summed E-state index contributed by atoms with van der Waals surface area (Å²) in [5, 5.41) is 0. The minimum absolute atomic E-state index is 0.354. The Morgan fingerprint density at radius 1 is 1.44 bits per heavy atom. The van der Waals surface area contributed by atoms with Gasteiger partial charge >= 0.3 is 0 Å². The van der Waals surface area contributed by atoms with Gasteiger partial charge in [0.15, 0.2) is 0 Å². The van der Waals surface area contributed by atoms with E-state index in [9.17, 15) is 0 Å². The van der Waals surface area contributed by atoms with Gasteiger partial charge < -0.3 is 9.47 Å². The van der Waals surface area contributed by atoms with Crippen molar-refractivity contribution in [2.24, 2.45) is 0 Å². The Kier molecular flexibility index (Phi) is 2.45. The van der Waals surface area contributed by atoms with E-state index in [0.717, 1.165) is 34.8 Å². The minimum Gasteiger partial charge on any atom is -0.461 e. The van der Waals surface area contributed by atoms with E-state index in [-0.39, 0.29) is 5.79 Å². The van der Waals surface area contributed by atoms with E-state index in [1.165, 1.54) is 0 Å². The second-order valence-electron chi connectivity index (χ2n) is 4.18. The van der Waals surface area contributed by atoms with Crippen LogP contribution in [0.3, 0.4) is 0 Å². The molecule has 1 saturated heterocycles. The van der Waals surface area contributed by atoms with Crippen LogP contribution in [0.4, 0.5) is 0 Å². The zero-order valence-electron chi connectivity index (χ0n) is 9.07. The lowest BCUT2D eigenvalue weighted by molar-refractivity contribution is -0.186. The predicted octanol–water partition coefficient (Wildman–Crippen LogP) is 3.07. The highest BCUT2D eigenvalue weighted by Gasteiger charge is 2.40. The van der Waals surface area contributed by atoms with Crippen LogP contribution in [0.2, 0.25) is 0 Å². The molecule has 16 heavy (non-hydrogen) atoms. The van der Waals surface area contributed by atoms with Gasteiger partial charge in [-0.3, -0.25) is 0 Å². The van der Waals surface area contributed by atoms with E-state index in [2.05, 4.69) is 12.6 Å². The normalized spacial score (nSPS) is 27.5. The monoisotopic (exact) mass is 234 g/mol. The van der Waals surface area contributed by atoms with Crippen molar-refractivity contribution >= 4 is 17.8 Å². The molecule has 0 aromatic heterocycles. The number of hydrogen-bond acceptors (Lipinski definition) is 3. The number of thioether (sulfide) groups is 1. The van der Waals surface area contributed by atoms with Gasteiger partial charge in [-0.15, -0.1) is 0 Å². The number of benzene rings is 1. The first kappa shape index (κ1) is 10.2. The van der Waals surface area contributed by atoms with Crippen LogP contribution in [0.25, 0.3) is 6.08 Å². The zero-order valence-corrected chi connectivity index (χ0v) is 9.89. The second kappa shape index (κ2) is 3.82. The first-order chi connectivity index (χ1) is 7.81. The molecule has 1 fully saturated rings. The van der Waals surface area contributed by atoms with Crippen LogP contribution in [-0.2, 0) is 11.3 Å². The summed E-state index contributed by atoms with van der Waals surface area (Å²) in [5.74, 6) is 2.68. The second-order valence-corrected chi connectivity index (χ2v) is 5.28. The summed E-state index contributed by atoms with van der Waals surface area (Å²) >= 11 is 1.90. The summed E-state index contributed by atoms with van der Waals surface area (Å²) in [5.41, 5.74) is 2.24. The van der Waals surface area contributed by atoms with Gasteiger partial charge in [-0.25, -0.2) is 0 Å². The molecular weight excluding hydrogens is 220 g/mol. The van der Waals surface area contributed by atoms with Crippen LogP contribution < -0.4 is 4.74 Å². The molecule has 0 amide bonds. The number of hydrogen-bond donors (Lipinski definition) is 0. The van der Waals surface area contributed by atoms with Crippen LogP contribution in [0.5, 0.6) is 5.75 Å². The Morgan fingerprint density at radius 2 is 2.38 bits per heavy atom. The Balaban J connectivity index is 1.92.